The van der Waals surface area contributed by atoms with E-state index in [4.69, 9.17) is 0 Å². The number of hydrogen-bond acceptors (Lipinski definition) is 0. The minimum atomic E-state index is -2.33. The Balaban J connectivity index is 1.75. The first-order chi connectivity index (χ1) is 18.9. The van der Waals surface area contributed by atoms with Gasteiger partial charge in [-0.15, -0.1) is 0 Å². The first-order valence-electron chi connectivity index (χ1n) is 16.0. The Morgan fingerprint density at radius 1 is 0.342 bits per heavy atom. The van der Waals surface area contributed by atoms with Gasteiger partial charge in [0.2, 0.25) is 0 Å². The summed E-state index contributed by atoms with van der Waals surface area (Å²) in [4.78, 5) is 0. The van der Waals surface area contributed by atoms with Crippen molar-refractivity contribution in [2.45, 2.75) is 113 Å². The van der Waals surface area contributed by atoms with Crippen LogP contribution in [0, 0.1) is 0 Å². The van der Waals surface area contributed by atoms with E-state index in [1.54, 1.807) is 15.9 Å². The van der Waals surface area contributed by atoms with E-state index in [0.717, 1.165) is 17.0 Å². The van der Waals surface area contributed by atoms with Gasteiger partial charge in [0.15, 0.2) is 0 Å². The Labute approximate surface area is 233 Å². The summed E-state index contributed by atoms with van der Waals surface area (Å²) in [5.41, 5.74) is 2.94. The molecule has 3 fully saturated rings. The molecule has 0 saturated heterocycles. The number of benzene rings is 3. The van der Waals surface area contributed by atoms with E-state index < -0.39 is 13.9 Å². The molecular weight excluding hydrogens is 494 g/mol. The van der Waals surface area contributed by atoms with Gasteiger partial charge in [-0.3, -0.25) is 0 Å². The van der Waals surface area contributed by atoms with Crippen molar-refractivity contribution in [3.05, 3.63) is 91.0 Å². The molecule has 6 rings (SSSR count). The van der Waals surface area contributed by atoms with Gasteiger partial charge >= 0.3 is 234 Å². The molecule has 3 aromatic carbocycles. The van der Waals surface area contributed by atoms with E-state index >= 15 is 0 Å². The molecule has 0 amide bonds. The maximum atomic E-state index is 2.60. The molecule has 0 radical (unpaired) electrons. The number of rotatable bonds is 7. The van der Waals surface area contributed by atoms with Crippen LogP contribution in [0.5, 0.6) is 0 Å². The Morgan fingerprint density at radius 2 is 0.605 bits per heavy atom. The van der Waals surface area contributed by atoms with Gasteiger partial charge in [-0.25, -0.2) is 0 Å². The van der Waals surface area contributed by atoms with Gasteiger partial charge in [-0.2, -0.15) is 0 Å². The molecule has 204 valence electrons. The molecule has 0 spiro atoms. The summed E-state index contributed by atoms with van der Waals surface area (Å²) < 4.78 is 0. The van der Waals surface area contributed by atoms with Gasteiger partial charge in [0.1, 0.15) is 0 Å². The minimum absolute atomic E-state index is 0.981. The molecule has 3 aliphatic rings. The zero-order valence-electron chi connectivity index (χ0n) is 23.5. The molecule has 0 nitrogen and oxygen atoms in total. The van der Waals surface area contributed by atoms with Crippen LogP contribution in [0.4, 0.5) is 0 Å². The zero-order valence-corrected chi connectivity index (χ0v) is 25.5. The van der Waals surface area contributed by atoms with Crippen LogP contribution in [-0.2, 0) is 0 Å². The molecule has 0 heterocycles. The van der Waals surface area contributed by atoms with Crippen molar-refractivity contribution in [3.8, 4) is 0 Å². The summed E-state index contributed by atoms with van der Waals surface area (Å²) in [5, 5.41) is 5.22. The fourth-order valence-corrected chi connectivity index (χ4v) is 36.6. The van der Waals surface area contributed by atoms with Crippen molar-refractivity contribution in [3.63, 3.8) is 0 Å². The van der Waals surface area contributed by atoms with Crippen LogP contribution in [-0.4, -0.2) is 17.0 Å². The average Bonchev–Trinajstić information content (AvgIpc) is 3.02. The van der Waals surface area contributed by atoms with Gasteiger partial charge < -0.3 is 0 Å². The molecule has 2 heteroatoms. The van der Waals surface area contributed by atoms with E-state index in [9.17, 15) is 0 Å². The van der Waals surface area contributed by atoms with Crippen LogP contribution >= 0.6 is 13.9 Å². The van der Waals surface area contributed by atoms with Crippen molar-refractivity contribution >= 4 is 29.8 Å². The van der Waals surface area contributed by atoms with Crippen molar-refractivity contribution < 1.29 is 0 Å². The van der Waals surface area contributed by atoms with Crippen molar-refractivity contribution in [2.75, 3.05) is 0 Å². The first kappa shape index (κ1) is 26.7. The molecule has 0 bridgehead atoms. The van der Waals surface area contributed by atoms with Gasteiger partial charge in [-0.1, -0.05) is 0 Å². The molecular formula is C36H50P2. The van der Waals surface area contributed by atoms with Crippen LogP contribution in [0.25, 0.3) is 0 Å². The Kier molecular flexibility index (Phi) is 8.69. The molecule has 3 aliphatic carbocycles. The molecule has 0 atom stereocenters. The normalized spacial score (nSPS) is 21.7. The second-order valence-corrected chi connectivity index (χ2v) is 25.2. The monoisotopic (exact) mass is 544 g/mol. The molecule has 0 unspecified atom stereocenters. The molecule has 3 saturated carbocycles. The maximum absolute atomic E-state index is 2.60. The standard InChI is InChI=1S/C36H50P2/c1-7-19-31(20-8-1)37(32-21-9-2-10-22-32,33-23-11-3-12-24-33)38(34-25-13-4-14-26-34,35-27-15-5-16-28-35)36-29-17-6-18-30-36/h1-3,7-12,19-24,34-38H,4-6,13-18,25-30H2. The summed E-state index contributed by atoms with van der Waals surface area (Å²) in [6, 6.07) is 36.7. The Hall–Kier alpha value is -1.48. The third-order valence-corrected chi connectivity index (χ3v) is 32.0. The van der Waals surface area contributed by atoms with Gasteiger partial charge in [0.25, 0.3) is 0 Å². The molecule has 0 aromatic heterocycles. The van der Waals surface area contributed by atoms with Crippen LogP contribution in [0.15, 0.2) is 91.0 Å². The van der Waals surface area contributed by atoms with Crippen molar-refractivity contribution in [1.82, 2.24) is 0 Å². The third kappa shape index (κ3) is 4.63. The molecule has 38 heavy (non-hydrogen) atoms. The van der Waals surface area contributed by atoms with Gasteiger partial charge in [0, 0.05) is 0 Å². The van der Waals surface area contributed by atoms with E-state index in [1.165, 1.54) is 96.3 Å². The van der Waals surface area contributed by atoms with Crippen LogP contribution in [0.2, 0.25) is 0 Å². The summed E-state index contributed by atoms with van der Waals surface area (Å²) in [6.45, 7) is -4.28. The fourth-order valence-electron chi connectivity index (χ4n) is 9.97. The first-order valence-corrected chi connectivity index (χ1v) is 21.3. The van der Waals surface area contributed by atoms with Crippen LogP contribution in [0.3, 0.4) is 0 Å². The second kappa shape index (κ2) is 12.4. The Morgan fingerprint density at radius 3 is 0.868 bits per heavy atom. The topological polar surface area (TPSA) is 0 Å². The van der Waals surface area contributed by atoms with Crippen LogP contribution < -0.4 is 15.9 Å². The number of hydrogen-bond donors (Lipinski definition) is 0. The van der Waals surface area contributed by atoms with E-state index in [2.05, 4.69) is 91.0 Å². The van der Waals surface area contributed by atoms with E-state index in [-0.39, 0.29) is 0 Å². The zero-order chi connectivity index (χ0) is 25.7. The van der Waals surface area contributed by atoms with E-state index in [1.807, 2.05) is 0 Å². The summed E-state index contributed by atoms with van der Waals surface area (Å²) in [7, 11) is 0. The van der Waals surface area contributed by atoms with E-state index in [0.29, 0.717) is 0 Å². The van der Waals surface area contributed by atoms with Gasteiger partial charge in [0.05, 0.1) is 0 Å². The second-order valence-electron chi connectivity index (χ2n) is 12.8. The third-order valence-electron chi connectivity index (χ3n) is 11.1. The Bertz CT molecular complexity index is 966. The summed E-state index contributed by atoms with van der Waals surface area (Å²) >= 11 is 0. The molecule has 3 aromatic rings. The fraction of sp³-hybridized carbons (Fsp3) is 0.500. The van der Waals surface area contributed by atoms with Crippen molar-refractivity contribution in [2.24, 2.45) is 0 Å². The van der Waals surface area contributed by atoms with Gasteiger partial charge in [-0.05, 0) is 0 Å². The van der Waals surface area contributed by atoms with Crippen molar-refractivity contribution in [1.29, 1.82) is 0 Å². The molecule has 0 N–H and O–H groups in total. The predicted octanol–water partition coefficient (Wildman–Crippen LogP) is 9.38. The van der Waals surface area contributed by atoms with Crippen LogP contribution in [0.1, 0.15) is 96.3 Å². The predicted molar refractivity (Wildman–Crippen MR) is 175 cm³/mol. The summed E-state index contributed by atoms with van der Waals surface area (Å²) in [6.07, 6.45) is 22.3. The quantitative estimate of drug-likeness (QED) is 0.260. The average molecular weight is 545 g/mol. The molecule has 0 aliphatic heterocycles. The summed E-state index contributed by atoms with van der Waals surface area (Å²) in [5.74, 6) is 0. The SMILES string of the molecule is c1ccc([PH](c2ccccc2)(c2ccccc2)[PH](C2CCCCC2)(C2CCCCC2)C2CCCCC2)cc1.